The van der Waals surface area contributed by atoms with Crippen LogP contribution in [0.3, 0.4) is 0 Å². The predicted octanol–water partition coefficient (Wildman–Crippen LogP) is 3.11. The zero-order chi connectivity index (χ0) is 18.4. The first-order valence-corrected chi connectivity index (χ1v) is 9.03. The molecule has 138 valence electrons. The van der Waals surface area contributed by atoms with Crippen LogP contribution in [0.5, 0.6) is 5.75 Å². The number of rotatable bonds is 6. The van der Waals surface area contributed by atoms with Gasteiger partial charge in [0.25, 0.3) is 5.91 Å². The van der Waals surface area contributed by atoms with Gasteiger partial charge in [-0.05, 0) is 42.9 Å². The Kier molecular flexibility index (Phi) is 6.85. The average Bonchev–Trinajstić information content (AvgIpc) is 2.59. The van der Waals surface area contributed by atoms with E-state index in [0.717, 1.165) is 24.2 Å². The molecule has 1 N–H and O–H groups in total. The van der Waals surface area contributed by atoms with Crippen molar-refractivity contribution < 1.29 is 19.1 Å². The maximum absolute atomic E-state index is 12.3. The molecule has 5 nitrogen and oxygen atoms in total. The van der Waals surface area contributed by atoms with Crippen LogP contribution in [-0.4, -0.2) is 31.1 Å². The van der Waals surface area contributed by atoms with E-state index >= 15 is 0 Å². The quantitative estimate of drug-likeness (QED) is 0.803. The van der Waals surface area contributed by atoms with Gasteiger partial charge in [0.15, 0.2) is 6.10 Å². The maximum atomic E-state index is 12.3. The van der Waals surface area contributed by atoms with Gasteiger partial charge in [0.2, 0.25) is 0 Å². The van der Waals surface area contributed by atoms with Crippen LogP contribution in [0.15, 0.2) is 24.3 Å². The van der Waals surface area contributed by atoms with E-state index in [4.69, 9.17) is 9.47 Å². The first kappa shape index (κ1) is 19.3. The molecule has 5 heteroatoms. The van der Waals surface area contributed by atoms with E-state index < -0.39 is 12.1 Å². The van der Waals surface area contributed by atoms with Crippen molar-refractivity contribution in [2.45, 2.75) is 58.6 Å². The molecule has 0 unspecified atom stereocenters. The zero-order valence-corrected chi connectivity index (χ0v) is 15.6. The molecule has 4 atom stereocenters. The third kappa shape index (κ3) is 5.48. The van der Waals surface area contributed by atoms with Crippen molar-refractivity contribution in [2.24, 2.45) is 11.8 Å². The lowest BCUT2D eigenvalue weighted by Crippen LogP contribution is -2.47. The fourth-order valence-corrected chi connectivity index (χ4v) is 3.29. The summed E-state index contributed by atoms with van der Waals surface area (Å²) in [7, 11) is 1.59. The normalized spacial score (nSPS) is 24.2. The Morgan fingerprint density at radius 3 is 2.52 bits per heavy atom. The summed E-state index contributed by atoms with van der Waals surface area (Å²) in [6.45, 7) is 6.02. The molecule has 25 heavy (non-hydrogen) atoms. The van der Waals surface area contributed by atoms with Gasteiger partial charge < -0.3 is 14.8 Å². The predicted molar refractivity (Wildman–Crippen MR) is 96.4 cm³/mol. The highest BCUT2D eigenvalue weighted by Crippen LogP contribution is 2.29. The number of esters is 1. The number of hydrogen-bond acceptors (Lipinski definition) is 4. The molecule has 0 radical (unpaired) electrons. The lowest BCUT2D eigenvalue weighted by Gasteiger charge is -2.35. The molecule has 1 amide bonds. The summed E-state index contributed by atoms with van der Waals surface area (Å²) < 4.78 is 10.4. The van der Waals surface area contributed by atoms with Crippen LogP contribution in [-0.2, 0) is 20.7 Å². The SMILES string of the molecule is COc1ccc(CC(=O)O[C@H](C)C(=O)N[C@H]2CCC[C@H](C)[C@H]2C)cc1. The summed E-state index contributed by atoms with van der Waals surface area (Å²) in [6.07, 6.45) is 2.68. The van der Waals surface area contributed by atoms with E-state index in [9.17, 15) is 9.59 Å². The van der Waals surface area contributed by atoms with E-state index in [2.05, 4.69) is 19.2 Å². The van der Waals surface area contributed by atoms with E-state index in [1.807, 2.05) is 12.1 Å². The number of benzene rings is 1. The molecule has 0 bridgehead atoms. The summed E-state index contributed by atoms with van der Waals surface area (Å²) in [6, 6.07) is 7.39. The molecule has 1 aromatic carbocycles. The van der Waals surface area contributed by atoms with Gasteiger partial charge in [-0.25, -0.2) is 0 Å². The maximum Gasteiger partial charge on any atom is 0.311 e. The molecule has 2 rings (SSSR count). The van der Waals surface area contributed by atoms with Crippen LogP contribution in [0.1, 0.15) is 45.6 Å². The van der Waals surface area contributed by atoms with Crippen molar-refractivity contribution in [3.63, 3.8) is 0 Å². The van der Waals surface area contributed by atoms with Gasteiger partial charge in [-0.15, -0.1) is 0 Å². The third-order valence-corrected chi connectivity index (χ3v) is 5.22. The molecular formula is C20H29NO4. The lowest BCUT2D eigenvalue weighted by molar-refractivity contribution is -0.154. The van der Waals surface area contributed by atoms with Crippen LogP contribution in [0, 0.1) is 11.8 Å². The fraction of sp³-hybridized carbons (Fsp3) is 0.600. The number of carbonyl (C=O) groups is 2. The van der Waals surface area contributed by atoms with Gasteiger partial charge in [-0.1, -0.05) is 38.8 Å². The van der Waals surface area contributed by atoms with E-state index in [0.29, 0.717) is 11.8 Å². The second-order valence-electron chi connectivity index (χ2n) is 7.04. The first-order valence-electron chi connectivity index (χ1n) is 9.03. The molecule has 0 saturated heterocycles. The Balaban J connectivity index is 1.82. The molecule has 0 spiro atoms. The molecule has 1 fully saturated rings. The van der Waals surface area contributed by atoms with Crippen molar-refractivity contribution in [2.75, 3.05) is 7.11 Å². The molecule has 1 saturated carbocycles. The number of hydrogen-bond donors (Lipinski definition) is 1. The number of amides is 1. The molecule has 1 aromatic rings. The Morgan fingerprint density at radius 2 is 1.88 bits per heavy atom. The summed E-state index contributed by atoms with van der Waals surface area (Å²) in [4.78, 5) is 24.4. The second-order valence-corrected chi connectivity index (χ2v) is 7.04. The van der Waals surface area contributed by atoms with Crippen molar-refractivity contribution in [1.82, 2.24) is 5.32 Å². The summed E-state index contributed by atoms with van der Waals surface area (Å²) in [5.74, 6) is 1.17. The van der Waals surface area contributed by atoms with Crippen LogP contribution in [0.25, 0.3) is 0 Å². The first-order chi connectivity index (χ1) is 11.9. The van der Waals surface area contributed by atoms with E-state index in [1.165, 1.54) is 6.42 Å². The standard InChI is InChI=1S/C20H29NO4/c1-13-6-5-7-18(14(13)2)21-20(23)15(3)25-19(22)12-16-8-10-17(24-4)11-9-16/h8-11,13-15,18H,5-7,12H2,1-4H3,(H,21,23)/t13-,14+,15+,18-/m0/s1. The van der Waals surface area contributed by atoms with Crippen molar-refractivity contribution in [1.29, 1.82) is 0 Å². The largest absolute Gasteiger partial charge is 0.497 e. The van der Waals surface area contributed by atoms with Crippen LogP contribution in [0.4, 0.5) is 0 Å². The summed E-state index contributed by atoms with van der Waals surface area (Å²) in [5.41, 5.74) is 0.827. The van der Waals surface area contributed by atoms with Crippen LogP contribution in [0.2, 0.25) is 0 Å². The van der Waals surface area contributed by atoms with Crippen molar-refractivity contribution >= 4 is 11.9 Å². The molecule has 0 aliphatic heterocycles. The van der Waals surface area contributed by atoms with Gasteiger partial charge in [0, 0.05) is 6.04 Å². The van der Waals surface area contributed by atoms with Crippen molar-refractivity contribution in [3.05, 3.63) is 29.8 Å². The van der Waals surface area contributed by atoms with Gasteiger partial charge in [-0.3, -0.25) is 9.59 Å². The highest BCUT2D eigenvalue weighted by molar-refractivity contribution is 5.84. The van der Waals surface area contributed by atoms with Gasteiger partial charge in [0.1, 0.15) is 5.75 Å². The van der Waals surface area contributed by atoms with Crippen molar-refractivity contribution in [3.8, 4) is 5.75 Å². The number of carbonyl (C=O) groups excluding carboxylic acids is 2. The molecular weight excluding hydrogens is 318 g/mol. The number of methoxy groups -OCH3 is 1. The number of nitrogens with one attached hydrogen (secondary N) is 1. The Morgan fingerprint density at radius 1 is 1.20 bits per heavy atom. The van der Waals surface area contributed by atoms with E-state index in [1.54, 1.807) is 26.2 Å². The third-order valence-electron chi connectivity index (χ3n) is 5.22. The van der Waals surface area contributed by atoms with Crippen LogP contribution < -0.4 is 10.1 Å². The monoisotopic (exact) mass is 347 g/mol. The Labute approximate surface area is 150 Å². The minimum atomic E-state index is -0.782. The topological polar surface area (TPSA) is 64.6 Å². The Bertz CT molecular complexity index is 584. The van der Waals surface area contributed by atoms with Crippen LogP contribution >= 0.6 is 0 Å². The van der Waals surface area contributed by atoms with Gasteiger partial charge in [-0.2, -0.15) is 0 Å². The van der Waals surface area contributed by atoms with E-state index in [-0.39, 0.29) is 18.4 Å². The average molecular weight is 347 g/mol. The zero-order valence-electron chi connectivity index (χ0n) is 15.6. The summed E-state index contributed by atoms with van der Waals surface area (Å²) >= 11 is 0. The fourth-order valence-electron chi connectivity index (χ4n) is 3.29. The van der Waals surface area contributed by atoms with Gasteiger partial charge >= 0.3 is 5.97 Å². The second kappa shape index (κ2) is 8.88. The summed E-state index contributed by atoms with van der Waals surface area (Å²) in [5, 5.41) is 3.05. The molecule has 0 aromatic heterocycles. The lowest BCUT2D eigenvalue weighted by atomic mass is 9.78. The molecule has 1 aliphatic rings. The number of ether oxygens (including phenoxy) is 2. The molecule has 1 aliphatic carbocycles. The molecule has 0 heterocycles. The minimum Gasteiger partial charge on any atom is -0.497 e. The smallest absolute Gasteiger partial charge is 0.311 e. The Hall–Kier alpha value is -2.04. The highest BCUT2D eigenvalue weighted by Gasteiger charge is 2.30. The highest BCUT2D eigenvalue weighted by atomic mass is 16.5. The minimum absolute atomic E-state index is 0.137. The van der Waals surface area contributed by atoms with Gasteiger partial charge in [0.05, 0.1) is 13.5 Å².